The van der Waals surface area contributed by atoms with Crippen LogP contribution in [0.3, 0.4) is 0 Å². The summed E-state index contributed by atoms with van der Waals surface area (Å²) in [6.07, 6.45) is 1.56. The van der Waals surface area contributed by atoms with Crippen molar-refractivity contribution >= 4 is 39.1 Å². The number of anilines is 1. The highest BCUT2D eigenvalue weighted by Gasteiger charge is 2.30. The molecule has 0 aliphatic carbocycles. The van der Waals surface area contributed by atoms with E-state index in [1.807, 2.05) is 11.6 Å². The van der Waals surface area contributed by atoms with Gasteiger partial charge in [-0.3, -0.25) is 14.3 Å². The smallest absolute Gasteiger partial charge is 0.239 e. The van der Waals surface area contributed by atoms with Crippen LogP contribution < -0.4 is 14.4 Å². The fourth-order valence-corrected chi connectivity index (χ4v) is 5.34. The zero-order valence-electron chi connectivity index (χ0n) is 19.9. The van der Waals surface area contributed by atoms with Gasteiger partial charge in [0.2, 0.25) is 21.8 Å². The largest absolute Gasteiger partial charge is 0.480 e. The van der Waals surface area contributed by atoms with E-state index < -0.39 is 33.4 Å². The molecule has 0 saturated carbocycles. The van der Waals surface area contributed by atoms with Crippen LogP contribution in [0.15, 0.2) is 24.3 Å². The third-order valence-electron chi connectivity index (χ3n) is 5.84. The molecule has 3 rings (SSSR count). The van der Waals surface area contributed by atoms with Gasteiger partial charge in [0, 0.05) is 36.0 Å². The number of carbonyl (C=O) groups excluding carboxylic acids is 2. The number of nitrogens with one attached hydrogen (secondary N) is 1. The van der Waals surface area contributed by atoms with Crippen molar-refractivity contribution in [2.75, 3.05) is 25.1 Å². The SMILES string of the molecule is CCCC(=O)c1cc(C#N)c(N2CCC(C(=O)NS(=O)(=O)Cc3ccc(Cl)cc3F)CC2)nc1OC. The van der Waals surface area contributed by atoms with Crippen LogP contribution >= 0.6 is 11.6 Å². The Hall–Kier alpha value is -3.23. The summed E-state index contributed by atoms with van der Waals surface area (Å²) in [5.74, 6) is -2.43. The first-order valence-electron chi connectivity index (χ1n) is 11.3. The van der Waals surface area contributed by atoms with Crippen molar-refractivity contribution < 1.29 is 27.1 Å². The van der Waals surface area contributed by atoms with E-state index >= 15 is 0 Å². The van der Waals surface area contributed by atoms with E-state index in [4.69, 9.17) is 16.3 Å². The molecule has 2 heterocycles. The van der Waals surface area contributed by atoms with Crippen LogP contribution in [-0.2, 0) is 20.6 Å². The number of pyridine rings is 1. The number of carbonyl (C=O) groups is 2. The number of nitriles is 1. The summed E-state index contributed by atoms with van der Waals surface area (Å²) in [5, 5.41) is 9.78. The van der Waals surface area contributed by atoms with Gasteiger partial charge in [-0.05, 0) is 37.5 Å². The number of sulfonamides is 1. The number of methoxy groups -OCH3 is 1. The fraction of sp³-hybridized carbons (Fsp3) is 0.417. The Bertz CT molecular complexity index is 1300. The lowest BCUT2D eigenvalue weighted by atomic mass is 9.96. The second kappa shape index (κ2) is 11.7. The summed E-state index contributed by atoms with van der Waals surface area (Å²) in [7, 11) is -2.73. The van der Waals surface area contributed by atoms with Crippen LogP contribution in [0.5, 0.6) is 5.88 Å². The summed E-state index contributed by atoms with van der Waals surface area (Å²) >= 11 is 5.69. The van der Waals surface area contributed by atoms with Gasteiger partial charge in [0.25, 0.3) is 0 Å². The molecule has 0 atom stereocenters. The van der Waals surface area contributed by atoms with Gasteiger partial charge in [-0.25, -0.2) is 12.8 Å². The lowest BCUT2D eigenvalue weighted by Crippen LogP contribution is -2.43. The predicted octanol–water partition coefficient (Wildman–Crippen LogP) is 3.60. The van der Waals surface area contributed by atoms with Crippen molar-refractivity contribution in [1.82, 2.24) is 9.71 Å². The minimum absolute atomic E-state index is 0.0977. The summed E-state index contributed by atoms with van der Waals surface area (Å²) in [4.78, 5) is 31.2. The molecule has 12 heteroatoms. The third kappa shape index (κ3) is 6.50. The molecule has 1 aromatic carbocycles. The zero-order valence-corrected chi connectivity index (χ0v) is 21.5. The molecule has 1 amide bonds. The molecular formula is C24H26ClFN4O5S. The zero-order chi connectivity index (χ0) is 26.5. The van der Waals surface area contributed by atoms with Crippen LogP contribution in [0.4, 0.5) is 10.2 Å². The van der Waals surface area contributed by atoms with Crippen LogP contribution in [0, 0.1) is 23.1 Å². The first kappa shape index (κ1) is 27.4. The van der Waals surface area contributed by atoms with E-state index in [9.17, 15) is 27.7 Å². The molecular weight excluding hydrogens is 511 g/mol. The van der Waals surface area contributed by atoms with Crippen molar-refractivity contribution in [1.29, 1.82) is 5.26 Å². The number of piperidine rings is 1. The Morgan fingerprint density at radius 2 is 2.00 bits per heavy atom. The Morgan fingerprint density at radius 1 is 1.31 bits per heavy atom. The number of amides is 1. The van der Waals surface area contributed by atoms with Gasteiger partial charge in [0.15, 0.2) is 11.6 Å². The molecule has 1 N–H and O–H groups in total. The van der Waals surface area contributed by atoms with E-state index in [1.165, 1.54) is 25.3 Å². The maximum absolute atomic E-state index is 14.0. The molecule has 0 bridgehead atoms. The standard InChI is InChI=1S/C24H26ClFN4O5S/c1-3-4-21(31)19-11-17(13-27)22(28-24(19)35-2)30-9-7-15(8-10-30)23(32)29-36(33,34)14-16-5-6-18(25)12-20(16)26/h5-6,11-12,15H,3-4,7-10,14H2,1-2H3,(H,29,32). The topological polar surface area (TPSA) is 129 Å². The number of hydrogen-bond acceptors (Lipinski definition) is 8. The quantitative estimate of drug-likeness (QED) is 0.481. The second-order valence-corrected chi connectivity index (χ2v) is 10.6. The van der Waals surface area contributed by atoms with Crippen molar-refractivity contribution in [2.24, 2.45) is 5.92 Å². The van der Waals surface area contributed by atoms with E-state index in [1.54, 1.807) is 4.90 Å². The Morgan fingerprint density at radius 3 is 2.58 bits per heavy atom. The van der Waals surface area contributed by atoms with Gasteiger partial charge in [-0.2, -0.15) is 10.2 Å². The van der Waals surface area contributed by atoms with Crippen molar-refractivity contribution in [3.05, 3.63) is 51.8 Å². The number of ether oxygens (including phenoxy) is 1. The minimum Gasteiger partial charge on any atom is -0.480 e. The predicted molar refractivity (Wildman–Crippen MR) is 132 cm³/mol. The van der Waals surface area contributed by atoms with Gasteiger partial charge < -0.3 is 9.64 Å². The molecule has 0 spiro atoms. The number of halogens is 2. The van der Waals surface area contributed by atoms with E-state index in [-0.39, 0.29) is 33.4 Å². The number of ketones is 1. The maximum Gasteiger partial charge on any atom is 0.239 e. The van der Waals surface area contributed by atoms with Crippen LogP contribution in [0.2, 0.25) is 5.02 Å². The molecule has 9 nitrogen and oxygen atoms in total. The summed E-state index contributed by atoms with van der Waals surface area (Å²) in [5.41, 5.74) is 0.362. The highest BCUT2D eigenvalue weighted by atomic mass is 35.5. The normalized spacial score (nSPS) is 14.2. The van der Waals surface area contributed by atoms with Gasteiger partial charge >= 0.3 is 0 Å². The maximum atomic E-state index is 14.0. The van der Waals surface area contributed by atoms with E-state index in [0.29, 0.717) is 44.6 Å². The average molecular weight is 537 g/mol. The number of Topliss-reactive ketones (excluding diaryl/α,β-unsaturated/α-hetero) is 1. The third-order valence-corrected chi connectivity index (χ3v) is 7.28. The lowest BCUT2D eigenvalue weighted by molar-refractivity contribution is -0.123. The lowest BCUT2D eigenvalue weighted by Gasteiger charge is -2.32. The van der Waals surface area contributed by atoms with Crippen molar-refractivity contribution in [2.45, 2.75) is 38.4 Å². The summed E-state index contributed by atoms with van der Waals surface area (Å²) in [6.45, 7) is 2.53. The van der Waals surface area contributed by atoms with Gasteiger partial charge in [-0.1, -0.05) is 24.6 Å². The molecule has 1 aromatic heterocycles. The average Bonchev–Trinajstić information content (AvgIpc) is 2.84. The monoisotopic (exact) mass is 536 g/mol. The number of aromatic nitrogens is 1. The summed E-state index contributed by atoms with van der Waals surface area (Å²) in [6, 6.07) is 7.18. The molecule has 1 aliphatic rings. The Balaban J connectivity index is 1.68. The van der Waals surface area contributed by atoms with Crippen LogP contribution in [0.1, 0.15) is 54.1 Å². The molecule has 1 fully saturated rings. The highest BCUT2D eigenvalue weighted by molar-refractivity contribution is 7.89. The van der Waals surface area contributed by atoms with Gasteiger partial charge in [-0.15, -0.1) is 0 Å². The molecule has 0 radical (unpaired) electrons. The number of nitrogens with zero attached hydrogens (tertiary/aromatic N) is 3. The van der Waals surface area contributed by atoms with E-state index in [0.717, 1.165) is 6.07 Å². The Kier molecular flexibility index (Phi) is 8.87. The molecule has 36 heavy (non-hydrogen) atoms. The van der Waals surface area contributed by atoms with Gasteiger partial charge in [0.05, 0.1) is 24.0 Å². The van der Waals surface area contributed by atoms with Crippen LogP contribution in [-0.4, -0.2) is 45.3 Å². The Labute approximate surface area is 214 Å². The van der Waals surface area contributed by atoms with Crippen molar-refractivity contribution in [3.8, 4) is 11.9 Å². The van der Waals surface area contributed by atoms with Crippen molar-refractivity contribution in [3.63, 3.8) is 0 Å². The molecule has 1 saturated heterocycles. The second-order valence-electron chi connectivity index (χ2n) is 8.42. The molecule has 0 unspecified atom stereocenters. The first-order chi connectivity index (χ1) is 17.1. The van der Waals surface area contributed by atoms with Crippen LogP contribution in [0.25, 0.3) is 0 Å². The fourth-order valence-electron chi connectivity index (χ4n) is 4.00. The molecule has 1 aliphatic heterocycles. The summed E-state index contributed by atoms with van der Waals surface area (Å²) < 4.78 is 46.2. The molecule has 192 valence electrons. The first-order valence-corrected chi connectivity index (χ1v) is 13.4. The number of benzene rings is 1. The highest BCUT2D eigenvalue weighted by Crippen LogP contribution is 2.30. The van der Waals surface area contributed by atoms with Gasteiger partial charge in [0.1, 0.15) is 11.9 Å². The minimum atomic E-state index is -4.12. The van der Waals surface area contributed by atoms with E-state index in [2.05, 4.69) is 11.1 Å². The number of rotatable bonds is 9. The number of hydrogen-bond donors (Lipinski definition) is 1. The molecule has 2 aromatic rings.